The number of thioether (sulfide) groups is 1. The van der Waals surface area contributed by atoms with Gasteiger partial charge in [-0.05, 0) is 49.4 Å². The number of carbonyl (C=O) groups is 2. The first-order valence-electron chi connectivity index (χ1n) is 5.12. The smallest absolute Gasteiger partial charge is 0.386 e. The normalized spacial score (nSPS) is 9.82. The van der Waals surface area contributed by atoms with Gasteiger partial charge < -0.3 is 9.47 Å². The van der Waals surface area contributed by atoms with Gasteiger partial charge in [-0.1, -0.05) is 0 Å². The van der Waals surface area contributed by atoms with Crippen molar-refractivity contribution in [2.24, 2.45) is 0 Å². The van der Waals surface area contributed by atoms with E-state index in [2.05, 4.69) is 4.74 Å². The van der Waals surface area contributed by atoms with Crippen molar-refractivity contribution in [2.45, 2.75) is 18.7 Å². The molecule has 0 aliphatic carbocycles. The molecule has 0 amide bonds. The molecular formula is C12H14O4S. The van der Waals surface area contributed by atoms with Crippen LogP contribution in [0.2, 0.25) is 0 Å². The quantitative estimate of drug-likeness (QED) is 0.470. The summed E-state index contributed by atoms with van der Waals surface area (Å²) in [5, 5.41) is -0.611. The molecule has 0 heterocycles. The SMILES string of the molecule is CCOC(=O)C(=O)Sc1ccc(OC)cc1C. The monoisotopic (exact) mass is 254 g/mol. The molecule has 0 radical (unpaired) electrons. The van der Waals surface area contributed by atoms with E-state index in [0.717, 1.165) is 28.0 Å². The van der Waals surface area contributed by atoms with Gasteiger partial charge in [0.25, 0.3) is 0 Å². The largest absolute Gasteiger partial charge is 0.497 e. The van der Waals surface area contributed by atoms with Crippen molar-refractivity contribution in [3.05, 3.63) is 23.8 Å². The zero-order valence-electron chi connectivity index (χ0n) is 9.98. The molecule has 92 valence electrons. The van der Waals surface area contributed by atoms with Gasteiger partial charge in [0.15, 0.2) is 0 Å². The maximum Gasteiger partial charge on any atom is 0.386 e. The summed E-state index contributed by atoms with van der Waals surface area (Å²) in [7, 11) is 1.57. The molecule has 1 rings (SSSR count). The fourth-order valence-corrected chi connectivity index (χ4v) is 1.89. The number of benzene rings is 1. The van der Waals surface area contributed by atoms with E-state index in [9.17, 15) is 9.59 Å². The number of methoxy groups -OCH3 is 1. The molecule has 0 aromatic heterocycles. The van der Waals surface area contributed by atoms with E-state index < -0.39 is 11.1 Å². The maximum atomic E-state index is 11.5. The number of rotatable bonds is 3. The third-order valence-corrected chi connectivity index (χ3v) is 3.06. The lowest BCUT2D eigenvalue weighted by molar-refractivity contribution is -0.149. The minimum absolute atomic E-state index is 0.201. The lowest BCUT2D eigenvalue weighted by atomic mass is 10.2. The maximum absolute atomic E-state index is 11.5. The van der Waals surface area contributed by atoms with Crippen LogP contribution in [0.25, 0.3) is 0 Å². The van der Waals surface area contributed by atoms with Gasteiger partial charge in [-0.2, -0.15) is 0 Å². The third-order valence-electron chi connectivity index (χ3n) is 2.03. The fourth-order valence-electron chi connectivity index (χ4n) is 1.19. The Morgan fingerprint density at radius 1 is 1.35 bits per heavy atom. The molecule has 4 nitrogen and oxygen atoms in total. The average Bonchev–Trinajstić information content (AvgIpc) is 2.31. The van der Waals surface area contributed by atoms with E-state index in [1.807, 2.05) is 6.92 Å². The topological polar surface area (TPSA) is 52.6 Å². The van der Waals surface area contributed by atoms with E-state index in [1.54, 1.807) is 32.2 Å². The van der Waals surface area contributed by atoms with Crippen LogP contribution in [-0.2, 0) is 14.3 Å². The molecule has 0 unspecified atom stereocenters. The number of aryl methyl sites for hydroxylation is 1. The number of esters is 1. The second kappa shape index (κ2) is 6.30. The van der Waals surface area contributed by atoms with Crippen molar-refractivity contribution in [3.8, 4) is 5.75 Å². The number of ether oxygens (including phenoxy) is 2. The Bertz CT molecular complexity index is 429. The van der Waals surface area contributed by atoms with E-state index in [1.165, 1.54) is 0 Å². The minimum Gasteiger partial charge on any atom is -0.497 e. The van der Waals surface area contributed by atoms with Crippen LogP contribution in [0.3, 0.4) is 0 Å². The highest BCUT2D eigenvalue weighted by molar-refractivity contribution is 8.15. The predicted octanol–water partition coefficient (Wildman–Crippen LogP) is 2.19. The summed E-state index contributed by atoms with van der Waals surface area (Å²) in [6, 6.07) is 5.30. The van der Waals surface area contributed by atoms with Crippen LogP contribution >= 0.6 is 11.8 Å². The molecule has 0 bridgehead atoms. The molecule has 0 atom stereocenters. The lowest BCUT2D eigenvalue weighted by Gasteiger charge is -2.06. The molecule has 0 aliphatic rings. The summed E-state index contributed by atoms with van der Waals surface area (Å²) in [5.41, 5.74) is 0.881. The molecule has 5 heteroatoms. The molecule has 0 saturated carbocycles. The zero-order valence-corrected chi connectivity index (χ0v) is 10.8. The van der Waals surface area contributed by atoms with Gasteiger partial charge in [0.2, 0.25) is 0 Å². The first-order valence-corrected chi connectivity index (χ1v) is 5.93. The van der Waals surface area contributed by atoms with Crippen LogP contribution in [0.4, 0.5) is 0 Å². The molecule has 0 N–H and O–H groups in total. The first-order chi connectivity index (χ1) is 8.08. The highest BCUT2D eigenvalue weighted by atomic mass is 32.2. The van der Waals surface area contributed by atoms with E-state index >= 15 is 0 Å². The van der Waals surface area contributed by atoms with Gasteiger partial charge in [-0.15, -0.1) is 0 Å². The third kappa shape index (κ3) is 3.78. The van der Waals surface area contributed by atoms with Gasteiger partial charge in [-0.25, -0.2) is 4.79 Å². The van der Waals surface area contributed by atoms with Crippen molar-refractivity contribution in [2.75, 3.05) is 13.7 Å². The molecular weight excluding hydrogens is 240 g/mol. The highest BCUT2D eigenvalue weighted by Gasteiger charge is 2.17. The Kier molecular flexibility index (Phi) is 5.03. The van der Waals surface area contributed by atoms with Crippen LogP contribution < -0.4 is 4.74 Å². The Morgan fingerprint density at radius 2 is 2.06 bits per heavy atom. The van der Waals surface area contributed by atoms with Gasteiger partial charge in [0.05, 0.1) is 13.7 Å². The molecule has 1 aromatic rings. The molecule has 0 spiro atoms. The Hall–Kier alpha value is -1.49. The molecule has 0 aliphatic heterocycles. The Morgan fingerprint density at radius 3 is 2.59 bits per heavy atom. The van der Waals surface area contributed by atoms with Crippen molar-refractivity contribution < 1.29 is 19.1 Å². The number of hydrogen-bond donors (Lipinski definition) is 0. The molecule has 1 aromatic carbocycles. The minimum atomic E-state index is -0.812. The van der Waals surface area contributed by atoms with Crippen molar-refractivity contribution in [1.29, 1.82) is 0 Å². The Labute approximate surface area is 104 Å². The summed E-state index contributed by atoms with van der Waals surface area (Å²) in [4.78, 5) is 23.4. The van der Waals surface area contributed by atoms with Crippen molar-refractivity contribution in [1.82, 2.24) is 0 Å². The van der Waals surface area contributed by atoms with Gasteiger partial charge >= 0.3 is 11.1 Å². The van der Waals surface area contributed by atoms with Crippen LogP contribution in [-0.4, -0.2) is 24.8 Å². The lowest BCUT2D eigenvalue weighted by Crippen LogP contribution is -2.13. The summed E-state index contributed by atoms with van der Waals surface area (Å²) >= 11 is 0.868. The second-order valence-electron chi connectivity index (χ2n) is 3.24. The summed E-state index contributed by atoms with van der Waals surface area (Å²) in [6.45, 7) is 3.71. The summed E-state index contributed by atoms with van der Waals surface area (Å²) in [6.07, 6.45) is 0. The zero-order chi connectivity index (χ0) is 12.8. The molecule has 0 fully saturated rings. The van der Waals surface area contributed by atoms with Crippen LogP contribution in [0.15, 0.2) is 23.1 Å². The van der Waals surface area contributed by atoms with E-state index in [-0.39, 0.29) is 6.61 Å². The van der Waals surface area contributed by atoms with Crippen LogP contribution in [0.5, 0.6) is 5.75 Å². The first kappa shape index (κ1) is 13.6. The predicted molar refractivity (Wildman–Crippen MR) is 65.2 cm³/mol. The highest BCUT2D eigenvalue weighted by Crippen LogP contribution is 2.26. The van der Waals surface area contributed by atoms with Gasteiger partial charge in [-0.3, -0.25) is 4.79 Å². The van der Waals surface area contributed by atoms with E-state index in [4.69, 9.17) is 4.74 Å². The van der Waals surface area contributed by atoms with E-state index in [0.29, 0.717) is 0 Å². The molecule has 17 heavy (non-hydrogen) atoms. The second-order valence-corrected chi connectivity index (χ2v) is 4.26. The fraction of sp³-hybridized carbons (Fsp3) is 0.333. The number of carbonyl (C=O) groups excluding carboxylic acids is 2. The van der Waals surface area contributed by atoms with Crippen LogP contribution in [0.1, 0.15) is 12.5 Å². The number of hydrogen-bond acceptors (Lipinski definition) is 5. The summed E-state index contributed by atoms with van der Waals surface area (Å²) in [5.74, 6) is -0.0943. The standard InChI is InChI=1S/C12H14O4S/c1-4-16-11(13)12(14)17-10-6-5-9(15-3)7-8(10)2/h5-7H,4H2,1-3H3. The molecule has 0 saturated heterocycles. The average molecular weight is 254 g/mol. The van der Waals surface area contributed by atoms with Gasteiger partial charge in [0, 0.05) is 4.90 Å². The van der Waals surface area contributed by atoms with Crippen molar-refractivity contribution in [3.63, 3.8) is 0 Å². The summed E-state index contributed by atoms with van der Waals surface area (Å²) < 4.78 is 9.68. The Balaban J connectivity index is 2.75. The van der Waals surface area contributed by atoms with Crippen molar-refractivity contribution >= 4 is 22.8 Å². The van der Waals surface area contributed by atoms with Gasteiger partial charge in [0.1, 0.15) is 5.75 Å². The van der Waals surface area contributed by atoms with Crippen LogP contribution in [0, 0.1) is 6.92 Å².